The van der Waals surface area contributed by atoms with Crippen LogP contribution in [-0.4, -0.2) is 22.6 Å². The fourth-order valence-corrected chi connectivity index (χ4v) is 2.52. The summed E-state index contributed by atoms with van der Waals surface area (Å²) in [5.74, 6) is 1.31. The molecule has 100 valence electrons. The average Bonchev–Trinajstić information content (AvgIpc) is 2.75. The van der Waals surface area contributed by atoms with Gasteiger partial charge in [0, 0.05) is 17.7 Å². The van der Waals surface area contributed by atoms with E-state index in [-0.39, 0.29) is 5.41 Å². The molecule has 0 spiro atoms. The Labute approximate surface area is 109 Å². The number of nitrogens with two attached hydrogens (primary N) is 1. The van der Waals surface area contributed by atoms with E-state index in [0.717, 1.165) is 18.2 Å². The number of hydrogen-bond acceptors (Lipinski definition) is 4. The van der Waals surface area contributed by atoms with Crippen LogP contribution in [0.25, 0.3) is 0 Å². The summed E-state index contributed by atoms with van der Waals surface area (Å²) in [6.45, 7) is 7.24. The zero-order valence-corrected chi connectivity index (χ0v) is 11.6. The van der Waals surface area contributed by atoms with Crippen molar-refractivity contribution in [2.75, 3.05) is 11.9 Å². The molecule has 1 saturated carbocycles. The fourth-order valence-electron chi connectivity index (χ4n) is 2.52. The third kappa shape index (κ3) is 2.99. The van der Waals surface area contributed by atoms with E-state index in [1.807, 2.05) is 12.3 Å². The standard InChI is InChI=1S/C14H24N4/c1-14(2,3)12-7-8-16-13(18-12)17-11-6-4-5-10(11)9-15/h7-8,10-11H,4-6,9,15H2,1-3H3,(H,16,17,18). The van der Waals surface area contributed by atoms with Crippen molar-refractivity contribution >= 4 is 5.95 Å². The molecule has 4 nitrogen and oxygen atoms in total. The predicted molar refractivity (Wildman–Crippen MR) is 74.5 cm³/mol. The van der Waals surface area contributed by atoms with Crippen LogP contribution in [0.1, 0.15) is 45.7 Å². The van der Waals surface area contributed by atoms with Crippen LogP contribution in [0.15, 0.2) is 12.3 Å². The molecule has 2 atom stereocenters. The van der Waals surface area contributed by atoms with Gasteiger partial charge in [-0.1, -0.05) is 27.2 Å². The predicted octanol–water partition coefficient (Wildman–Crippen LogP) is 2.31. The number of hydrogen-bond donors (Lipinski definition) is 2. The maximum absolute atomic E-state index is 5.80. The molecule has 1 aliphatic rings. The molecule has 0 radical (unpaired) electrons. The SMILES string of the molecule is CC(C)(C)c1ccnc(NC2CCCC2CN)n1. The molecule has 1 aromatic rings. The van der Waals surface area contributed by atoms with Gasteiger partial charge in [0.05, 0.1) is 5.69 Å². The molecule has 2 rings (SSSR count). The molecule has 0 saturated heterocycles. The molecule has 1 heterocycles. The van der Waals surface area contributed by atoms with E-state index < -0.39 is 0 Å². The van der Waals surface area contributed by atoms with E-state index in [0.29, 0.717) is 12.0 Å². The Morgan fingerprint density at radius 1 is 1.39 bits per heavy atom. The second kappa shape index (κ2) is 5.22. The van der Waals surface area contributed by atoms with E-state index in [4.69, 9.17) is 5.73 Å². The van der Waals surface area contributed by atoms with Gasteiger partial charge in [0.1, 0.15) is 0 Å². The first-order chi connectivity index (χ1) is 8.50. The highest BCUT2D eigenvalue weighted by molar-refractivity contribution is 5.29. The monoisotopic (exact) mass is 248 g/mol. The van der Waals surface area contributed by atoms with Crippen molar-refractivity contribution < 1.29 is 0 Å². The van der Waals surface area contributed by atoms with Crippen LogP contribution < -0.4 is 11.1 Å². The van der Waals surface area contributed by atoms with Gasteiger partial charge in [-0.25, -0.2) is 9.97 Å². The largest absolute Gasteiger partial charge is 0.351 e. The third-order valence-electron chi connectivity index (χ3n) is 3.70. The molecular formula is C14H24N4. The van der Waals surface area contributed by atoms with Crippen LogP contribution in [0.2, 0.25) is 0 Å². The number of anilines is 1. The molecule has 3 N–H and O–H groups in total. The minimum atomic E-state index is 0.0579. The first-order valence-corrected chi connectivity index (χ1v) is 6.81. The summed E-state index contributed by atoms with van der Waals surface area (Å²) in [5, 5.41) is 3.45. The summed E-state index contributed by atoms with van der Waals surface area (Å²) in [5.41, 5.74) is 6.93. The average molecular weight is 248 g/mol. The second-order valence-electron chi connectivity index (χ2n) is 6.19. The van der Waals surface area contributed by atoms with Crippen LogP contribution in [0, 0.1) is 5.92 Å². The number of nitrogens with zero attached hydrogens (tertiary/aromatic N) is 2. The molecule has 0 bridgehead atoms. The lowest BCUT2D eigenvalue weighted by molar-refractivity contribution is 0.512. The lowest BCUT2D eigenvalue weighted by Gasteiger charge is -2.22. The topological polar surface area (TPSA) is 63.8 Å². The summed E-state index contributed by atoms with van der Waals surface area (Å²) in [6.07, 6.45) is 5.47. The molecule has 2 unspecified atom stereocenters. The maximum atomic E-state index is 5.80. The molecule has 18 heavy (non-hydrogen) atoms. The Hall–Kier alpha value is -1.16. The van der Waals surface area contributed by atoms with Gasteiger partial charge in [0.15, 0.2) is 0 Å². The highest BCUT2D eigenvalue weighted by Gasteiger charge is 2.26. The van der Waals surface area contributed by atoms with E-state index in [9.17, 15) is 0 Å². The van der Waals surface area contributed by atoms with Gasteiger partial charge in [-0.2, -0.15) is 0 Å². The molecule has 1 fully saturated rings. The molecule has 0 amide bonds. The van der Waals surface area contributed by atoms with Gasteiger partial charge >= 0.3 is 0 Å². The highest BCUT2D eigenvalue weighted by atomic mass is 15.1. The van der Waals surface area contributed by atoms with Gasteiger partial charge in [-0.15, -0.1) is 0 Å². The van der Waals surface area contributed by atoms with E-state index in [2.05, 4.69) is 36.1 Å². The highest BCUT2D eigenvalue weighted by Crippen LogP contribution is 2.27. The Kier molecular flexibility index (Phi) is 3.85. The Bertz CT molecular complexity index is 397. The van der Waals surface area contributed by atoms with Crippen molar-refractivity contribution in [2.24, 2.45) is 11.7 Å². The number of rotatable bonds is 3. The Morgan fingerprint density at radius 2 is 2.17 bits per heavy atom. The lowest BCUT2D eigenvalue weighted by atomic mass is 9.92. The number of aromatic nitrogens is 2. The molecule has 4 heteroatoms. The van der Waals surface area contributed by atoms with Gasteiger partial charge in [0.2, 0.25) is 5.95 Å². The Balaban J connectivity index is 2.10. The minimum Gasteiger partial charge on any atom is -0.351 e. The third-order valence-corrected chi connectivity index (χ3v) is 3.70. The van der Waals surface area contributed by atoms with Crippen molar-refractivity contribution in [3.63, 3.8) is 0 Å². The maximum Gasteiger partial charge on any atom is 0.223 e. The Morgan fingerprint density at radius 3 is 2.83 bits per heavy atom. The van der Waals surface area contributed by atoms with Gasteiger partial charge in [0.25, 0.3) is 0 Å². The minimum absolute atomic E-state index is 0.0579. The van der Waals surface area contributed by atoms with Crippen LogP contribution >= 0.6 is 0 Å². The summed E-state index contributed by atoms with van der Waals surface area (Å²) < 4.78 is 0. The van der Waals surface area contributed by atoms with Crippen LogP contribution in [-0.2, 0) is 5.41 Å². The van der Waals surface area contributed by atoms with Crippen molar-refractivity contribution in [1.29, 1.82) is 0 Å². The summed E-state index contributed by atoms with van der Waals surface area (Å²) >= 11 is 0. The lowest BCUT2D eigenvalue weighted by Crippen LogP contribution is -2.30. The van der Waals surface area contributed by atoms with E-state index in [1.54, 1.807) is 0 Å². The van der Waals surface area contributed by atoms with Crippen molar-refractivity contribution in [3.05, 3.63) is 18.0 Å². The van der Waals surface area contributed by atoms with Crippen molar-refractivity contribution in [1.82, 2.24) is 9.97 Å². The summed E-state index contributed by atoms with van der Waals surface area (Å²) in [4.78, 5) is 8.94. The van der Waals surface area contributed by atoms with Gasteiger partial charge < -0.3 is 11.1 Å². The quantitative estimate of drug-likeness (QED) is 0.861. The zero-order chi connectivity index (χ0) is 13.2. The van der Waals surface area contributed by atoms with Crippen LogP contribution in [0.4, 0.5) is 5.95 Å². The first-order valence-electron chi connectivity index (χ1n) is 6.81. The molecule has 1 aliphatic carbocycles. The van der Waals surface area contributed by atoms with Gasteiger partial charge in [-0.3, -0.25) is 0 Å². The molecule has 1 aromatic heterocycles. The van der Waals surface area contributed by atoms with Crippen LogP contribution in [0.3, 0.4) is 0 Å². The fraction of sp³-hybridized carbons (Fsp3) is 0.714. The van der Waals surface area contributed by atoms with E-state index in [1.165, 1.54) is 19.3 Å². The van der Waals surface area contributed by atoms with Crippen molar-refractivity contribution in [2.45, 2.75) is 51.5 Å². The smallest absolute Gasteiger partial charge is 0.223 e. The zero-order valence-electron chi connectivity index (χ0n) is 11.6. The summed E-state index contributed by atoms with van der Waals surface area (Å²) in [7, 11) is 0. The van der Waals surface area contributed by atoms with Crippen LogP contribution in [0.5, 0.6) is 0 Å². The second-order valence-corrected chi connectivity index (χ2v) is 6.19. The van der Waals surface area contributed by atoms with E-state index >= 15 is 0 Å². The molecular weight excluding hydrogens is 224 g/mol. The number of nitrogens with one attached hydrogen (secondary N) is 1. The summed E-state index contributed by atoms with van der Waals surface area (Å²) in [6, 6.07) is 2.42. The first kappa shape index (κ1) is 13.3. The van der Waals surface area contributed by atoms with Crippen molar-refractivity contribution in [3.8, 4) is 0 Å². The van der Waals surface area contributed by atoms with Gasteiger partial charge in [-0.05, 0) is 31.4 Å². The molecule has 0 aromatic carbocycles. The molecule has 0 aliphatic heterocycles. The normalized spacial score (nSPS) is 24.2.